The molecule has 0 spiro atoms. The number of nitrogens with zero attached hydrogens (tertiary/aromatic N) is 1. The van der Waals surface area contributed by atoms with E-state index in [1.165, 1.54) is 0 Å². The zero-order valence-corrected chi connectivity index (χ0v) is 9.87. The van der Waals surface area contributed by atoms with Crippen LogP contribution in [0.3, 0.4) is 0 Å². The summed E-state index contributed by atoms with van der Waals surface area (Å²) in [5, 5.41) is 0. The summed E-state index contributed by atoms with van der Waals surface area (Å²) >= 11 is 0. The van der Waals surface area contributed by atoms with Gasteiger partial charge in [0.1, 0.15) is 12.4 Å². The van der Waals surface area contributed by atoms with Crippen molar-refractivity contribution in [2.75, 3.05) is 19.7 Å². The van der Waals surface area contributed by atoms with Crippen molar-refractivity contribution < 1.29 is 9.53 Å². The summed E-state index contributed by atoms with van der Waals surface area (Å²) in [6.07, 6.45) is 5.10. The average Bonchev–Trinajstić information content (AvgIpc) is 2.23. The maximum Gasteiger partial charge on any atom is 0.152 e. The van der Waals surface area contributed by atoms with Crippen molar-refractivity contribution in [3.05, 3.63) is 36.8 Å². The topological polar surface area (TPSA) is 29.5 Å². The second kappa shape index (κ2) is 6.16. The number of ketones is 1. The van der Waals surface area contributed by atoms with E-state index in [-0.39, 0.29) is 5.78 Å². The Balaban J connectivity index is 2.28. The van der Waals surface area contributed by atoms with Crippen LogP contribution in [-0.4, -0.2) is 30.4 Å². The summed E-state index contributed by atoms with van der Waals surface area (Å²) in [5.41, 5.74) is 1.03. The second-order valence-electron chi connectivity index (χ2n) is 3.84. The Morgan fingerprint density at radius 1 is 1.56 bits per heavy atom. The lowest BCUT2D eigenvalue weighted by Crippen LogP contribution is -2.35. The molecule has 0 radical (unpaired) electrons. The van der Waals surface area contributed by atoms with Crippen LogP contribution < -0.4 is 0 Å². The van der Waals surface area contributed by atoms with E-state index in [0.717, 1.165) is 12.1 Å². The van der Waals surface area contributed by atoms with E-state index in [1.54, 1.807) is 0 Å². The molecule has 0 aromatic rings. The van der Waals surface area contributed by atoms with Gasteiger partial charge in [-0.15, -0.1) is 0 Å². The van der Waals surface area contributed by atoms with Crippen LogP contribution in [0.25, 0.3) is 0 Å². The molecule has 3 heteroatoms. The van der Waals surface area contributed by atoms with Crippen LogP contribution in [0.1, 0.15) is 19.8 Å². The molecule has 0 atom stereocenters. The molecule has 1 aliphatic heterocycles. The Morgan fingerprint density at radius 3 is 3.00 bits per heavy atom. The lowest BCUT2D eigenvalue weighted by molar-refractivity contribution is -0.121. The van der Waals surface area contributed by atoms with E-state index in [4.69, 9.17) is 4.74 Å². The fraction of sp³-hybridized carbons (Fsp3) is 0.462. The first-order valence-electron chi connectivity index (χ1n) is 5.52. The minimum atomic E-state index is 0.277. The fourth-order valence-corrected chi connectivity index (χ4v) is 1.60. The van der Waals surface area contributed by atoms with Gasteiger partial charge in [-0.1, -0.05) is 19.2 Å². The van der Waals surface area contributed by atoms with Gasteiger partial charge in [0.15, 0.2) is 5.78 Å². The smallest absolute Gasteiger partial charge is 0.152 e. The van der Waals surface area contributed by atoms with E-state index in [2.05, 4.69) is 13.2 Å². The molecule has 0 bridgehead atoms. The van der Waals surface area contributed by atoms with Gasteiger partial charge in [0.25, 0.3) is 0 Å². The van der Waals surface area contributed by atoms with Gasteiger partial charge < -0.3 is 9.64 Å². The number of ether oxygens (including phenoxy) is 1. The molecule has 1 saturated heterocycles. The third-order valence-corrected chi connectivity index (χ3v) is 2.51. The summed E-state index contributed by atoms with van der Waals surface area (Å²) in [4.78, 5) is 13.2. The number of carbonyl (C=O) groups is 1. The lowest BCUT2D eigenvalue weighted by Gasteiger charge is -2.29. The SMILES string of the molecule is C=C(/C=C/C)OCCN1CC(=O)CCC1=C. The monoisotopic (exact) mass is 221 g/mol. The zero-order chi connectivity index (χ0) is 12.0. The van der Waals surface area contributed by atoms with Crippen molar-refractivity contribution >= 4 is 5.78 Å². The summed E-state index contributed by atoms with van der Waals surface area (Å²) in [5.74, 6) is 0.927. The molecule has 0 aliphatic carbocycles. The number of rotatable bonds is 5. The molecule has 1 fully saturated rings. The highest BCUT2D eigenvalue weighted by Gasteiger charge is 2.18. The Morgan fingerprint density at radius 2 is 2.31 bits per heavy atom. The maximum absolute atomic E-state index is 11.3. The van der Waals surface area contributed by atoms with Crippen LogP contribution in [0.15, 0.2) is 36.8 Å². The third kappa shape index (κ3) is 3.93. The number of allylic oxidation sites excluding steroid dienone is 3. The van der Waals surface area contributed by atoms with E-state index < -0.39 is 0 Å². The normalized spacial score (nSPS) is 16.9. The Labute approximate surface area is 97.1 Å². The van der Waals surface area contributed by atoms with Crippen molar-refractivity contribution in [3.63, 3.8) is 0 Å². The van der Waals surface area contributed by atoms with Crippen LogP contribution in [0.5, 0.6) is 0 Å². The van der Waals surface area contributed by atoms with Crippen LogP contribution in [0, 0.1) is 0 Å². The molecular weight excluding hydrogens is 202 g/mol. The van der Waals surface area contributed by atoms with E-state index in [9.17, 15) is 4.79 Å². The highest BCUT2D eigenvalue weighted by atomic mass is 16.5. The molecule has 0 unspecified atom stereocenters. The van der Waals surface area contributed by atoms with Gasteiger partial charge in [-0.3, -0.25) is 4.79 Å². The van der Waals surface area contributed by atoms with E-state index >= 15 is 0 Å². The molecular formula is C13H19NO2. The van der Waals surface area contributed by atoms with Crippen molar-refractivity contribution in [2.45, 2.75) is 19.8 Å². The molecule has 0 aromatic heterocycles. The van der Waals surface area contributed by atoms with Crippen molar-refractivity contribution in [1.29, 1.82) is 0 Å². The first-order chi connectivity index (χ1) is 7.63. The molecule has 1 aliphatic rings. The van der Waals surface area contributed by atoms with Gasteiger partial charge in [-0.25, -0.2) is 0 Å². The number of likely N-dealkylation sites (tertiary alicyclic amines) is 1. The van der Waals surface area contributed by atoms with Crippen molar-refractivity contribution in [1.82, 2.24) is 4.90 Å². The lowest BCUT2D eigenvalue weighted by atomic mass is 10.1. The van der Waals surface area contributed by atoms with Gasteiger partial charge in [-0.2, -0.15) is 0 Å². The van der Waals surface area contributed by atoms with Gasteiger partial charge in [-0.05, 0) is 19.4 Å². The van der Waals surface area contributed by atoms with Crippen molar-refractivity contribution in [2.24, 2.45) is 0 Å². The number of hydrogen-bond donors (Lipinski definition) is 0. The van der Waals surface area contributed by atoms with E-state index in [0.29, 0.717) is 31.9 Å². The number of piperidine rings is 1. The standard InChI is InChI=1S/C13H19NO2/c1-4-5-12(3)16-9-8-14-10-13(15)7-6-11(14)2/h4-5H,2-3,6-10H2,1H3/b5-4+. The largest absolute Gasteiger partial charge is 0.492 e. The van der Waals surface area contributed by atoms with Gasteiger partial charge in [0, 0.05) is 12.1 Å². The summed E-state index contributed by atoms with van der Waals surface area (Å²) in [6, 6.07) is 0. The molecule has 0 aromatic carbocycles. The molecule has 16 heavy (non-hydrogen) atoms. The van der Waals surface area contributed by atoms with Crippen molar-refractivity contribution in [3.8, 4) is 0 Å². The van der Waals surface area contributed by atoms with Gasteiger partial charge in [0.05, 0.1) is 13.1 Å². The molecule has 1 rings (SSSR count). The van der Waals surface area contributed by atoms with Crippen LogP contribution >= 0.6 is 0 Å². The quantitative estimate of drug-likeness (QED) is 0.527. The molecule has 88 valence electrons. The third-order valence-electron chi connectivity index (χ3n) is 2.51. The highest BCUT2D eigenvalue weighted by Crippen LogP contribution is 2.15. The minimum absolute atomic E-state index is 0.277. The van der Waals surface area contributed by atoms with Crippen LogP contribution in [0.2, 0.25) is 0 Å². The number of Topliss-reactive ketones (excluding diaryl/α,β-unsaturated/α-hetero) is 1. The first-order valence-corrected chi connectivity index (χ1v) is 5.52. The molecule has 3 nitrogen and oxygen atoms in total. The number of hydrogen-bond acceptors (Lipinski definition) is 3. The fourth-order valence-electron chi connectivity index (χ4n) is 1.60. The van der Waals surface area contributed by atoms with Crippen LogP contribution in [0.4, 0.5) is 0 Å². The zero-order valence-electron chi connectivity index (χ0n) is 9.87. The van der Waals surface area contributed by atoms with Gasteiger partial charge in [0.2, 0.25) is 0 Å². The Hall–Kier alpha value is -1.51. The second-order valence-corrected chi connectivity index (χ2v) is 3.84. The average molecular weight is 221 g/mol. The summed E-state index contributed by atoms with van der Waals surface area (Å²) in [7, 11) is 0. The number of carbonyl (C=O) groups excluding carboxylic acids is 1. The first kappa shape index (κ1) is 12.6. The van der Waals surface area contributed by atoms with E-state index in [1.807, 2.05) is 24.0 Å². The molecule has 0 N–H and O–H groups in total. The van der Waals surface area contributed by atoms with Crippen LogP contribution in [-0.2, 0) is 9.53 Å². The maximum atomic E-state index is 11.3. The molecule has 1 heterocycles. The predicted octanol–water partition coefficient (Wildman–Crippen LogP) is 2.27. The Bertz CT molecular complexity index is 318. The predicted molar refractivity (Wildman–Crippen MR) is 64.9 cm³/mol. The van der Waals surface area contributed by atoms with Gasteiger partial charge >= 0.3 is 0 Å². The minimum Gasteiger partial charge on any atom is -0.492 e. The Kier molecular flexibility index (Phi) is 4.83. The summed E-state index contributed by atoms with van der Waals surface area (Å²) < 4.78 is 5.39. The molecule has 0 amide bonds. The highest BCUT2D eigenvalue weighted by molar-refractivity contribution is 5.81. The summed E-state index contributed by atoms with van der Waals surface area (Å²) in [6.45, 7) is 11.3. The molecule has 0 saturated carbocycles.